The van der Waals surface area contributed by atoms with Crippen molar-refractivity contribution in [2.45, 2.75) is 31.6 Å². The Bertz CT molecular complexity index is 420. The highest BCUT2D eigenvalue weighted by Crippen LogP contribution is 2.26. The van der Waals surface area contributed by atoms with Gasteiger partial charge in [-0.1, -0.05) is 30.3 Å². The summed E-state index contributed by atoms with van der Waals surface area (Å²) in [4.78, 5) is 13.3. The molecule has 1 aromatic carbocycles. The minimum atomic E-state index is -0.187. The molecule has 4 nitrogen and oxygen atoms in total. The first-order valence-electron chi connectivity index (χ1n) is 6.43. The predicted octanol–water partition coefficient (Wildman–Crippen LogP) is 2.19. The van der Waals surface area contributed by atoms with Crippen LogP contribution in [-0.2, 0) is 16.1 Å². The van der Waals surface area contributed by atoms with Crippen LogP contribution in [0.2, 0.25) is 0 Å². The molecule has 0 radical (unpaired) electrons. The Kier molecular flexibility index (Phi) is 3.19. The first kappa shape index (κ1) is 11.5. The van der Waals surface area contributed by atoms with Crippen LogP contribution in [0.4, 0.5) is 4.79 Å². The third-order valence-electron chi connectivity index (χ3n) is 3.64. The number of benzene rings is 1. The van der Waals surface area contributed by atoms with Gasteiger partial charge in [0.1, 0.15) is 6.61 Å². The molecular weight excluding hydrogens is 230 g/mol. The van der Waals surface area contributed by atoms with Crippen molar-refractivity contribution in [2.75, 3.05) is 13.2 Å². The molecule has 2 aliphatic rings. The van der Waals surface area contributed by atoms with Gasteiger partial charge in [0.2, 0.25) is 0 Å². The van der Waals surface area contributed by atoms with E-state index in [-0.39, 0.29) is 18.2 Å². The second-order valence-corrected chi connectivity index (χ2v) is 4.81. The fourth-order valence-electron chi connectivity index (χ4n) is 2.66. The van der Waals surface area contributed by atoms with Crippen LogP contribution < -0.4 is 0 Å². The number of hydrogen-bond acceptors (Lipinski definition) is 3. The lowest BCUT2D eigenvalue weighted by Gasteiger charge is -2.33. The zero-order chi connectivity index (χ0) is 12.4. The fraction of sp³-hybridized carbons (Fsp3) is 0.500. The Morgan fingerprint density at radius 1 is 1.33 bits per heavy atom. The summed E-state index contributed by atoms with van der Waals surface area (Å²) in [5, 5.41) is 0. The average molecular weight is 247 g/mol. The first-order valence-corrected chi connectivity index (χ1v) is 6.43. The van der Waals surface area contributed by atoms with Gasteiger partial charge >= 0.3 is 6.09 Å². The van der Waals surface area contributed by atoms with Crippen molar-refractivity contribution in [2.24, 2.45) is 0 Å². The van der Waals surface area contributed by atoms with Crippen LogP contribution in [0, 0.1) is 0 Å². The summed E-state index contributed by atoms with van der Waals surface area (Å²) >= 11 is 0. The second-order valence-electron chi connectivity index (χ2n) is 4.81. The number of cyclic esters (lactones) is 1. The van der Waals surface area contributed by atoms with Crippen LogP contribution in [0.3, 0.4) is 0 Å². The molecule has 2 fully saturated rings. The van der Waals surface area contributed by atoms with Crippen molar-refractivity contribution in [3.8, 4) is 0 Å². The normalized spacial score (nSPS) is 26.9. The summed E-state index contributed by atoms with van der Waals surface area (Å²) in [5.41, 5.74) is 1.17. The molecule has 0 aromatic heterocycles. The summed E-state index contributed by atoms with van der Waals surface area (Å²) in [5.74, 6) is 0. The van der Waals surface area contributed by atoms with E-state index in [9.17, 15) is 4.79 Å². The maximum atomic E-state index is 11.5. The SMILES string of the molecule is O=C1OC[C@H]2[C@H](OCc3ccccc3)CCCN12. The smallest absolute Gasteiger partial charge is 0.410 e. The fourth-order valence-corrected chi connectivity index (χ4v) is 2.66. The van der Waals surface area contributed by atoms with Crippen LogP contribution in [0.25, 0.3) is 0 Å². The highest BCUT2D eigenvalue weighted by molar-refractivity contribution is 5.70. The van der Waals surface area contributed by atoms with Gasteiger partial charge in [-0.3, -0.25) is 4.90 Å². The molecule has 1 amide bonds. The number of carbonyl (C=O) groups excluding carboxylic acids is 1. The third-order valence-corrected chi connectivity index (χ3v) is 3.64. The molecule has 0 bridgehead atoms. The van der Waals surface area contributed by atoms with E-state index in [4.69, 9.17) is 9.47 Å². The average Bonchev–Trinajstić information content (AvgIpc) is 2.80. The molecule has 0 N–H and O–H groups in total. The highest BCUT2D eigenvalue weighted by atomic mass is 16.6. The molecule has 18 heavy (non-hydrogen) atoms. The van der Waals surface area contributed by atoms with Crippen LogP contribution in [0.15, 0.2) is 30.3 Å². The van der Waals surface area contributed by atoms with Gasteiger partial charge in [0.05, 0.1) is 18.8 Å². The number of carbonyl (C=O) groups is 1. The molecule has 2 heterocycles. The molecule has 0 unspecified atom stereocenters. The molecule has 2 aliphatic heterocycles. The predicted molar refractivity (Wildman–Crippen MR) is 66.1 cm³/mol. The Morgan fingerprint density at radius 2 is 2.17 bits per heavy atom. The van der Waals surface area contributed by atoms with Gasteiger partial charge in [-0.25, -0.2) is 4.79 Å². The largest absolute Gasteiger partial charge is 0.447 e. The second kappa shape index (κ2) is 4.98. The summed E-state index contributed by atoms with van der Waals surface area (Å²) in [6.45, 7) is 1.87. The zero-order valence-corrected chi connectivity index (χ0v) is 10.2. The van der Waals surface area contributed by atoms with E-state index in [0.717, 1.165) is 19.4 Å². The molecule has 0 saturated carbocycles. The zero-order valence-electron chi connectivity index (χ0n) is 10.2. The molecule has 0 aliphatic carbocycles. The number of ether oxygens (including phenoxy) is 2. The number of amides is 1. The summed E-state index contributed by atoms with van der Waals surface area (Å²) < 4.78 is 11.0. The van der Waals surface area contributed by atoms with Gasteiger partial charge in [-0.05, 0) is 18.4 Å². The maximum Gasteiger partial charge on any atom is 0.410 e. The van der Waals surface area contributed by atoms with Gasteiger partial charge in [0.15, 0.2) is 0 Å². The van der Waals surface area contributed by atoms with Crippen LogP contribution in [0.1, 0.15) is 18.4 Å². The third kappa shape index (κ3) is 2.20. The minimum absolute atomic E-state index is 0.102. The highest BCUT2D eigenvalue weighted by Gasteiger charge is 2.41. The molecular formula is C14H17NO3. The number of fused-ring (bicyclic) bond motifs is 1. The lowest BCUT2D eigenvalue weighted by Crippen LogP contribution is -2.47. The van der Waals surface area contributed by atoms with Crippen LogP contribution in [-0.4, -0.2) is 36.3 Å². The topological polar surface area (TPSA) is 38.8 Å². The number of rotatable bonds is 3. The van der Waals surface area contributed by atoms with Crippen molar-refractivity contribution in [1.82, 2.24) is 4.90 Å². The van der Waals surface area contributed by atoms with E-state index in [1.165, 1.54) is 5.56 Å². The Morgan fingerprint density at radius 3 is 3.00 bits per heavy atom. The van der Waals surface area contributed by atoms with E-state index in [0.29, 0.717) is 13.2 Å². The summed E-state index contributed by atoms with van der Waals surface area (Å²) in [7, 11) is 0. The maximum absolute atomic E-state index is 11.5. The molecule has 4 heteroatoms. The lowest BCUT2D eigenvalue weighted by molar-refractivity contribution is -0.0274. The Balaban J connectivity index is 1.61. The molecule has 96 valence electrons. The van der Waals surface area contributed by atoms with Crippen molar-refractivity contribution in [3.05, 3.63) is 35.9 Å². The summed E-state index contributed by atoms with van der Waals surface area (Å²) in [6, 6.07) is 10.2. The van der Waals surface area contributed by atoms with E-state index < -0.39 is 0 Å². The van der Waals surface area contributed by atoms with Gasteiger partial charge in [-0.15, -0.1) is 0 Å². The molecule has 2 atom stereocenters. The van der Waals surface area contributed by atoms with Gasteiger partial charge in [0.25, 0.3) is 0 Å². The number of hydrogen-bond donors (Lipinski definition) is 0. The van der Waals surface area contributed by atoms with E-state index in [1.54, 1.807) is 4.90 Å². The summed E-state index contributed by atoms with van der Waals surface area (Å²) in [6.07, 6.45) is 1.91. The molecule has 0 spiro atoms. The van der Waals surface area contributed by atoms with Gasteiger partial charge in [-0.2, -0.15) is 0 Å². The Hall–Kier alpha value is -1.55. The molecule has 2 saturated heterocycles. The molecule has 3 rings (SSSR count). The van der Waals surface area contributed by atoms with Crippen LogP contribution >= 0.6 is 0 Å². The van der Waals surface area contributed by atoms with Crippen LogP contribution in [0.5, 0.6) is 0 Å². The van der Waals surface area contributed by atoms with E-state index >= 15 is 0 Å². The standard InChI is InChI=1S/C14H17NO3/c16-14-15-8-4-7-13(12(15)10-18-14)17-9-11-5-2-1-3-6-11/h1-3,5-6,12-13H,4,7-10H2/t12-,13+/m0/s1. The monoisotopic (exact) mass is 247 g/mol. The minimum Gasteiger partial charge on any atom is -0.447 e. The first-order chi connectivity index (χ1) is 8.84. The van der Waals surface area contributed by atoms with Crippen molar-refractivity contribution in [1.29, 1.82) is 0 Å². The van der Waals surface area contributed by atoms with E-state index in [2.05, 4.69) is 12.1 Å². The Labute approximate surface area is 106 Å². The van der Waals surface area contributed by atoms with Gasteiger partial charge < -0.3 is 9.47 Å². The van der Waals surface area contributed by atoms with E-state index in [1.807, 2.05) is 18.2 Å². The molecule has 1 aromatic rings. The van der Waals surface area contributed by atoms with Crippen molar-refractivity contribution >= 4 is 6.09 Å². The van der Waals surface area contributed by atoms with Crippen molar-refractivity contribution < 1.29 is 14.3 Å². The quantitative estimate of drug-likeness (QED) is 0.821. The van der Waals surface area contributed by atoms with Crippen molar-refractivity contribution in [3.63, 3.8) is 0 Å². The van der Waals surface area contributed by atoms with Gasteiger partial charge in [0, 0.05) is 6.54 Å². The number of piperidine rings is 1. The number of nitrogens with zero attached hydrogens (tertiary/aromatic N) is 1. The lowest BCUT2D eigenvalue weighted by atomic mass is 10.0.